The topological polar surface area (TPSA) is 52.7 Å². The van der Waals surface area contributed by atoms with Gasteiger partial charge in [-0.1, -0.05) is 78.4 Å². The monoisotopic (exact) mass is 493 g/mol. The summed E-state index contributed by atoms with van der Waals surface area (Å²) in [5.74, 6) is -0.319. The lowest BCUT2D eigenvalue weighted by Crippen LogP contribution is -2.51. The third kappa shape index (κ3) is 4.93. The molecule has 0 bridgehead atoms. The molecule has 5 nitrogen and oxygen atoms in total. The van der Waals surface area contributed by atoms with Gasteiger partial charge in [-0.2, -0.15) is 0 Å². The minimum absolute atomic E-state index is 0.0404. The third-order valence-corrected chi connectivity index (χ3v) is 8.17. The van der Waals surface area contributed by atoms with Crippen molar-refractivity contribution in [3.8, 4) is 0 Å². The van der Waals surface area contributed by atoms with Gasteiger partial charge in [-0.15, -0.1) is 0 Å². The first kappa shape index (κ1) is 23.9. The highest BCUT2D eigenvalue weighted by Gasteiger charge is 2.49. The summed E-state index contributed by atoms with van der Waals surface area (Å²) in [6.45, 7) is 4.96. The molecule has 190 valence electrons. The van der Waals surface area contributed by atoms with E-state index in [1.54, 1.807) is 0 Å². The van der Waals surface area contributed by atoms with Gasteiger partial charge in [0, 0.05) is 37.3 Å². The summed E-state index contributed by atoms with van der Waals surface area (Å²) in [6.07, 6.45) is 3.88. The zero-order valence-electron chi connectivity index (χ0n) is 21.5. The quantitative estimate of drug-likeness (QED) is 0.512. The van der Waals surface area contributed by atoms with Crippen LogP contribution < -0.4 is 5.32 Å². The van der Waals surface area contributed by atoms with E-state index in [-0.39, 0.29) is 29.9 Å². The number of likely N-dealkylation sites (tertiary alicyclic amines) is 1. The van der Waals surface area contributed by atoms with Gasteiger partial charge in [0.1, 0.15) is 0 Å². The summed E-state index contributed by atoms with van der Waals surface area (Å²) in [7, 11) is 0. The van der Waals surface area contributed by atoms with Gasteiger partial charge in [0.25, 0.3) is 5.91 Å². The van der Waals surface area contributed by atoms with Crippen LogP contribution in [0.25, 0.3) is 0 Å². The molecule has 3 aromatic carbocycles. The minimum atomic E-state index is -0.418. The average Bonchev–Trinajstić information content (AvgIpc) is 3.75. The van der Waals surface area contributed by atoms with Gasteiger partial charge >= 0.3 is 0 Å². The third-order valence-electron chi connectivity index (χ3n) is 8.17. The van der Waals surface area contributed by atoms with E-state index in [0.29, 0.717) is 5.56 Å². The highest BCUT2D eigenvalue weighted by molar-refractivity contribution is 6.01. The molecule has 5 heteroatoms. The van der Waals surface area contributed by atoms with Crippen molar-refractivity contribution >= 4 is 11.8 Å². The Morgan fingerprint density at radius 2 is 1.62 bits per heavy atom. The summed E-state index contributed by atoms with van der Waals surface area (Å²) in [5, 5.41) is 3.42. The van der Waals surface area contributed by atoms with Crippen LogP contribution in [-0.4, -0.2) is 46.8 Å². The van der Waals surface area contributed by atoms with E-state index in [0.717, 1.165) is 62.0 Å². The SMILES string of the molecule is Cc1cccc(C2C(C(=O)NC3CCN(Cc4ccccc4)CC3)c3ccccc3C(=O)N2C2CC2)c1. The molecule has 1 saturated heterocycles. The van der Waals surface area contributed by atoms with E-state index >= 15 is 0 Å². The molecule has 2 heterocycles. The van der Waals surface area contributed by atoms with Crippen molar-refractivity contribution in [1.29, 1.82) is 0 Å². The Hall–Kier alpha value is -3.44. The first-order chi connectivity index (χ1) is 18.1. The molecule has 0 spiro atoms. The number of hydrogen-bond donors (Lipinski definition) is 1. The second-order valence-corrected chi connectivity index (χ2v) is 10.9. The maximum Gasteiger partial charge on any atom is 0.254 e. The van der Waals surface area contributed by atoms with E-state index in [2.05, 4.69) is 65.7 Å². The van der Waals surface area contributed by atoms with Gasteiger partial charge in [0.15, 0.2) is 0 Å². The van der Waals surface area contributed by atoms with Crippen LogP contribution in [0.4, 0.5) is 0 Å². The maximum atomic E-state index is 14.1. The fourth-order valence-corrected chi connectivity index (χ4v) is 6.16. The van der Waals surface area contributed by atoms with Crippen molar-refractivity contribution < 1.29 is 9.59 Å². The Labute approximate surface area is 219 Å². The van der Waals surface area contributed by atoms with Crippen LogP contribution in [0.1, 0.15) is 70.3 Å². The number of amides is 2. The Kier molecular flexibility index (Phi) is 6.56. The molecule has 2 fully saturated rings. The van der Waals surface area contributed by atoms with Crippen molar-refractivity contribution in [1.82, 2.24) is 15.1 Å². The Morgan fingerprint density at radius 3 is 2.35 bits per heavy atom. The zero-order valence-corrected chi connectivity index (χ0v) is 21.5. The largest absolute Gasteiger partial charge is 0.353 e. The molecule has 0 aromatic heterocycles. The van der Waals surface area contributed by atoms with Crippen molar-refractivity contribution in [2.24, 2.45) is 0 Å². The molecule has 1 saturated carbocycles. The second-order valence-electron chi connectivity index (χ2n) is 10.9. The Balaban J connectivity index is 1.25. The molecule has 0 radical (unpaired) electrons. The van der Waals surface area contributed by atoms with Crippen molar-refractivity contribution in [2.75, 3.05) is 13.1 Å². The number of hydrogen-bond acceptors (Lipinski definition) is 3. The number of carbonyl (C=O) groups is 2. The first-order valence-corrected chi connectivity index (χ1v) is 13.6. The van der Waals surface area contributed by atoms with Crippen LogP contribution in [0.3, 0.4) is 0 Å². The van der Waals surface area contributed by atoms with E-state index < -0.39 is 5.92 Å². The maximum absolute atomic E-state index is 14.1. The van der Waals surface area contributed by atoms with Crippen molar-refractivity contribution in [2.45, 2.75) is 63.2 Å². The number of benzene rings is 3. The number of piperidine rings is 1. The summed E-state index contributed by atoms with van der Waals surface area (Å²) < 4.78 is 0. The second kappa shape index (κ2) is 10.1. The van der Waals surface area contributed by atoms with E-state index in [9.17, 15) is 9.59 Å². The molecule has 3 aliphatic rings. The van der Waals surface area contributed by atoms with Gasteiger partial charge in [-0.3, -0.25) is 14.5 Å². The fraction of sp³-hybridized carbons (Fsp3) is 0.375. The number of carbonyl (C=O) groups excluding carboxylic acids is 2. The molecule has 2 amide bonds. The summed E-state index contributed by atoms with van der Waals surface area (Å²) >= 11 is 0. The number of fused-ring (bicyclic) bond motifs is 1. The Morgan fingerprint density at radius 1 is 0.892 bits per heavy atom. The van der Waals surface area contributed by atoms with Crippen molar-refractivity contribution in [3.05, 3.63) is 107 Å². The molecular formula is C32H35N3O2. The van der Waals surface area contributed by atoms with Crippen LogP contribution in [0, 0.1) is 6.92 Å². The first-order valence-electron chi connectivity index (χ1n) is 13.6. The standard InChI is InChI=1S/C32H35N3O2/c1-22-8-7-11-24(20-22)30-29(27-12-5-6-13-28(27)32(37)35(30)26-14-15-26)31(36)33-25-16-18-34(19-17-25)21-23-9-3-2-4-10-23/h2-13,20,25-26,29-30H,14-19,21H2,1H3,(H,33,36). The fourth-order valence-electron chi connectivity index (χ4n) is 6.16. The molecular weight excluding hydrogens is 458 g/mol. The average molecular weight is 494 g/mol. The van der Waals surface area contributed by atoms with Gasteiger partial charge in [0.2, 0.25) is 5.91 Å². The minimum Gasteiger partial charge on any atom is -0.353 e. The molecule has 1 aliphatic carbocycles. The van der Waals surface area contributed by atoms with Crippen LogP contribution in [0.5, 0.6) is 0 Å². The van der Waals surface area contributed by atoms with Gasteiger partial charge < -0.3 is 10.2 Å². The highest BCUT2D eigenvalue weighted by Crippen LogP contribution is 2.47. The molecule has 37 heavy (non-hydrogen) atoms. The van der Waals surface area contributed by atoms with Crippen LogP contribution in [-0.2, 0) is 11.3 Å². The molecule has 2 aliphatic heterocycles. The summed E-state index contributed by atoms with van der Waals surface area (Å²) in [5.41, 5.74) is 5.05. The highest BCUT2D eigenvalue weighted by atomic mass is 16.2. The lowest BCUT2D eigenvalue weighted by Gasteiger charge is -2.43. The molecule has 6 rings (SSSR count). The predicted molar refractivity (Wildman–Crippen MR) is 145 cm³/mol. The lowest BCUT2D eigenvalue weighted by atomic mass is 9.78. The summed E-state index contributed by atoms with van der Waals surface area (Å²) in [4.78, 5) is 32.3. The number of nitrogens with zero attached hydrogens (tertiary/aromatic N) is 2. The van der Waals surface area contributed by atoms with Gasteiger partial charge in [-0.25, -0.2) is 0 Å². The normalized spacial score (nSPS) is 22.5. The smallest absolute Gasteiger partial charge is 0.254 e. The lowest BCUT2D eigenvalue weighted by molar-refractivity contribution is -0.125. The van der Waals surface area contributed by atoms with Gasteiger partial charge in [0.05, 0.1) is 12.0 Å². The zero-order chi connectivity index (χ0) is 25.4. The Bertz CT molecular complexity index is 1280. The number of aryl methyl sites for hydroxylation is 1. The van der Waals surface area contributed by atoms with Crippen LogP contribution >= 0.6 is 0 Å². The predicted octanol–water partition coefficient (Wildman–Crippen LogP) is 5.22. The summed E-state index contributed by atoms with van der Waals surface area (Å²) in [6, 6.07) is 26.7. The van der Waals surface area contributed by atoms with E-state index in [1.807, 2.05) is 35.2 Å². The molecule has 1 N–H and O–H groups in total. The van der Waals surface area contributed by atoms with Crippen molar-refractivity contribution in [3.63, 3.8) is 0 Å². The van der Waals surface area contributed by atoms with Crippen LogP contribution in [0.15, 0.2) is 78.9 Å². The van der Waals surface area contributed by atoms with E-state index in [4.69, 9.17) is 0 Å². The molecule has 2 atom stereocenters. The molecule has 2 unspecified atom stereocenters. The number of rotatable bonds is 6. The van der Waals surface area contributed by atoms with Gasteiger partial charge in [-0.05, 0) is 55.4 Å². The van der Waals surface area contributed by atoms with Crippen LogP contribution in [0.2, 0.25) is 0 Å². The number of nitrogens with one attached hydrogen (secondary N) is 1. The van der Waals surface area contributed by atoms with E-state index in [1.165, 1.54) is 5.56 Å². The molecule has 3 aromatic rings.